The third-order valence-corrected chi connectivity index (χ3v) is 10.7. The molecular formula is C50H48F2N14O. The molecule has 9 aromatic rings. The number of carbonyl (C=O) groups is 1. The number of amides is 1. The summed E-state index contributed by atoms with van der Waals surface area (Å²) in [5.41, 5.74) is 15.1. The van der Waals surface area contributed by atoms with E-state index in [4.69, 9.17) is 5.73 Å². The van der Waals surface area contributed by atoms with Crippen LogP contribution < -0.4 is 21.7 Å². The van der Waals surface area contributed by atoms with E-state index < -0.39 is 0 Å². The Morgan fingerprint density at radius 3 is 1.67 bits per heavy atom. The lowest BCUT2D eigenvalue weighted by atomic mass is 10.1. The highest BCUT2D eigenvalue weighted by molar-refractivity contribution is 5.95. The van der Waals surface area contributed by atoms with Crippen LogP contribution in [0.1, 0.15) is 37.0 Å². The van der Waals surface area contributed by atoms with E-state index in [2.05, 4.69) is 65.7 Å². The van der Waals surface area contributed by atoms with Crippen LogP contribution in [0.15, 0.2) is 128 Å². The minimum atomic E-state index is -0.280. The van der Waals surface area contributed by atoms with Gasteiger partial charge in [-0.2, -0.15) is 0 Å². The Morgan fingerprint density at radius 2 is 1.12 bits per heavy atom. The Bertz CT molecular complexity index is 3170. The van der Waals surface area contributed by atoms with Gasteiger partial charge in [0.05, 0.1) is 33.6 Å². The second-order valence-corrected chi connectivity index (χ2v) is 15.9. The summed E-state index contributed by atoms with van der Waals surface area (Å²) in [7, 11) is 1.78. The summed E-state index contributed by atoms with van der Waals surface area (Å²) in [6.07, 6.45) is 6.93. The molecule has 0 saturated carbocycles. The number of hydrogen-bond acceptors (Lipinski definition) is 14. The predicted molar refractivity (Wildman–Crippen MR) is 259 cm³/mol. The fraction of sp³-hybridized carbons (Fsp3) is 0.200. The van der Waals surface area contributed by atoms with Gasteiger partial charge < -0.3 is 26.6 Å². The average Bonchev–Trinajstić information content (AvgIpc) is 3.88. The van der Waals surface area contributed by atoms with Gasteiger partial charge in [0, 0.05) is 48.4 Å². The van der Waals surface area contributed by atoms with Crippen molar-refractivity contribution in [2.75, 3.05) is 49.6 Å². The number of fused-ring (bicyclic) bond motifs is 3. The number of carbonyl (C=O) groups excluding carboxylic acids is 1. The number of likely N-dealkylation sites (tertiary alicyclic amines) is 1. The first kappa shape index (κ1) is 45.4. The fourth-order valence-corrected chi connectivity index (χ4v) is 7.43. The molecule has 1 fully saturated rings. The topological polar surface area (TPSA) is 198 Å². The van der Waals surface area contributed by atoms with Gasteiger partial charge in [-0.1, -0.05) is 36.4 Å². The Labute approximate surface area is 385 Å². The van der Waals surface area contributed by atoms with Crippen molar-refractivity contribution < 1.29 is 13.6 Å². The monoisotopic (exact) mass is 898 g/mol. The minimum absolute atomic E-state index is 0.0697. The van der Waals surface area contributed by atoms with E-state index in [-0.39, 0.29) is 23.6 Å². The smallest absolute Gasteiger partial charge is 0.251 e. The fourth-order valence-electron chi connectivity index (χ4n) is 7.43. The summed E-state index contributed by atoms with van der Waals surface area (Å²) < 4.78 is 26.6. The standard InChI is InChI=1S/C20H22N6O.C16H15FN4.C14H11FN4/c21-19-18-17(23-13-24-19)7-6-16(25-18)14-4-3-5-15(12-14)20(27)22-8-11-26-9-1-2-10-26;1-10(2)20-16-15-14(18-9-19-16)7-6-13(21-15)11-4-3-5-12(17)8-11;1-16-14-13-12(17-8-18-14)6-5-11(19-13)9-3-2-4-10(15)7-9/h3-7,12-13H,1-2,8-11H2,(H,22,27)(H2,21,23,24);3-10H,1-2H3,(H,18,19,20);2-8H,1H3,(H,16,17,18). The van der Waals surface area contributed by atoms with Gasteiger partial charge >= 0.3 is 0 Å². The molecule has 67 heavy (non-hydrogen) atoms. The van der Waals surface area contributed by atoms with Crippen LogP contribution >= 0.6 is 0 Å². The quantitative estimate of drug-likeness (QED) is 0.102. The van der Waals surface area contributed by atoms with E-state index in [1.807, 2.05) is 86.6 Å². The maximum Gasteiger partial charge on any atom is 0.251 e. The van der Waals surface area contributed by atoms with E-state index in [1.165, 1.54) is 56.1 Å². The SMILES string of the molecule is CC(C)Nc1ncnc2ccc(-c3cccc(F)c3)nc12.CNc1ncnc2ccc(-c3cccc(F)c3)nc12.Nc1ncnc2ccc(-c3cccc(C(=O)NCCN4CCCC4)c3)nc12. The molecule has 0 bridgehead atoms. The molecule has 0 aliphatic carbocycles. The first-order valence-electron chi connectivity index (χ1n) is 21.8. The van der Waals surface area contributed by atoms with Gasteiger partial charge in [0.2, 0.25) is 0 Å². The molecule has 15 nitrogen and oxygen atoms in total. The molecule has 3 aromatic carbocycles. The van der Waals surface area contributed by atoms with Crippen molar-refractivity contribution >= 4 is 56.5 Å². The summed E-state index contributed by atoms with van der Waals surface area (Å²) in [6, 6.07) is 31.5. The summed E-state index contributed by atoms with van der Waals surface area (Å²) in [5.74, 6) is 1.06. The number of halogens is 2. The molecule has 7 heterocycles. The number of nitrogens with one attached hydrogen (secondary N) is 3. The first-order valence-corrected chi connectivity index (χ1v) is 21.8. The molecule has 10 rings (SSSR count). The number of benzene rings is 3. The summed E-state index contributed by atoms with van der Waals surface area (Å²) in [6.45, 7) is 7.88. The minimum Gasteiger partial charge on any atom is -0.382 e. The molecule has 0 atom stereocenters. The van der Waals surface area contributed by atoms with Crippen LogP contribution in [-0.2, 0) is 0 Å². The van der Waals surface area contributed by atoms with E-state index in [0.29, 0.717) is 63.0 Å². The summed E-state index contributed by atoms with van der Waals surface area (Å²) in [5, 5.41) is 9.22. The van der Waals surface area contributed by atoms with E-state index in [9.17, 15) is 13.6 Å². The van der Waals surface area contributed by atoms with Crippen LogP contribution in [0.3, 0.4) is 0 Å². The number of pyridine rings is 3. The second kappa shape index (κ2) is 21.2. The first-order chi connectivity index (χ1) is 32.6. The molecule has 1 aliphatic heterocycles. The van der Waals surface area contributed by atoms with Crippen LogP contribution in [0.4, 0.5) is 26.2 Å². The second-order valence-electron chi connectivity index (χ2n) is 15.9. The molecule has 0 spiro atoms. The molecule has 1 saturated heterocycles. The van der Waals surface area contributed by atoms with Crippen molar-refractivity contribution in [2.45, 2.75) is 32.7 Å². The largest absolute Gasteiger partial charge is 0.382 e. The van der Waals surface area contributed by atoms with Gasteiger partial charge in [-0.25, -0.2) is 53.6 Å². The molecular weight excluding hydrogens is 851 g/mol. The van der Waals surface area contributed by atoms with Crippen molar-refractivity contribution in [3.05, 3.63) is 145 Å². The average molecular weight is 899 g/mol. The Balaban J connectivity index is 0.000000139. The Hall–Kier alpha value is -8.18. The lowest BCUT2D eigenvalue weighted by Crippen LogP contribution is -2.33. The molecule has 0 radical (unpaired) electrons. The molecule has 1 aliphatic rings. The van der Waals surface area contributed by atoms with Gasteiger partial charge in [0.25, 0.3) is 5.91 Å². The maximum atomic E-state index is 13.4. The number of hydrogen-bond donors (Lipinski definition) is 4. The number of anilines is 3. The highest BCUT2D eigenvalue weighted by atomic mass is 19.1. The van der Waals surface area contributed by atoms with Gasteiger partial charge in [-0.15, -0.1) is 0 Å². The third kappa shape index (κ3) is 11.4. The van der Waals surface area contributed by atoms with E-state index in [0.717, 1.165) is 53.1 Å². The zero-order chi connectivity index (χ0) is 46.7. The van der Waals surface area contributed by atoms with Crippen molar-refractivity contribution in [3.8, 4) is 33.8 Å². The number of nitrogens with two attached hydrogens (primary N) is 1. The van der Waals surface area contributed by atoms with Gasteiger partial charge in [-0.05, 0) is 113 Å². The van der Waals surface area contributed by atoms with Crippen molar-refractivity contribution in [1.29, 1.82) is 0 Å². The lowest BCUT2D eigenvalue weighted by Gasteiger charge is -2.14. The van der Waals surface area contributed by atoms with Crippen LogP contribution in [0, 0.1) is 11.6 Å². The van der Waals surface area contributed by atoms with Crippen LogP contribution in [-0.4, -0.2) is 94.9 Å². The zero-order valence-corrected chi connectivity index (χ0v) is 37.2. The number of nitrogen functional groups attached to an aromatic ring is 1. The van der Waals surface area contributed by atoms with Crippen LogP contribution in [0.2, 0.25) is 0 Å². The maximum absolute atomic E-state index is 13.4. The summed E-state index contributed by atoms with van der Waals surface area (Å²) in [4.78, 5) is 53.4. The van der Waals surface area contributed by atoms with Gasteiger partial charge in [0.1, 0.15) is 47.2 Å². The van der Waals surface area contributed by atoms with Crippen LogP contribution in [0.5, 0.6) is 0 Å². The molecule has 6 aromatic heterocycles. The highest BCUT2D eigenvalue weighted by Crippen LogP contribution is 2.26. The number of aromatic nitrogens is 9. The summed E-state index contributed by atoms with van der Waals surface area (Å²) >= 11 is 0. The highest BCUT2D eigenvalue weighted by Gasteiger charge is 2.14. The van der Waals surface area contributed by atoms with Crippen molar-refractivity contribution in [3.63, 3.8) is 0 Å². The van der Waals surface area contributed by atoms with E-state index in [1.54, 1.807) is 19.2 Å². The van der Waals surface area contributed by atoms with Crippen molar-refractivity contribution in [2.24, 2.45) is 0 Å². The Morgan fingerprint density at radius 1 is 0.627 bits per heavy atom. The van der Waals surface area contributed by atoms with E-state index >= 15 is 0 Å². The van der Waals surface area contributed by atoms with Gasteiger partial charge in [0.15, 0.2) is 17.5 Å². The van der Waals surface area contributed by atoms with Gasteiger partial charge in [-0.3, -0.25) is 4.79 Å². The number of rotatable bonds is 10. The molecule has 338 valence electrons. The molecule has 17 heteroatoms. The predicted octanol–water partition coefficient (Wildman–Crippen LogP) is 8.62. The van der Waals surface area contributed by atoms with Crippen molar-refractivity contribution in [1.82, 2.24) is 55.1 Å². The lowest BCUT2D eigenvalue weighted by molar-refractivity contribution is 0.0949. The third-order valence-electron chi connectivity index (χ3n) is 10.7. The van der Waals surface area contributed by atoms with Crippen LogP contribution in [0.25, 0.3) is 66.9 Å². The normalized spacial score (nSPS) is 12.3. The molecule has 1 amide bonds. The number of nitrogens with zero attached hydrogens (tertiary/aromatic N) is 10. The molecule has 5 N–H and O–H groups in total. The zero-order valence-electron chi connectivity index (χ0n) is 37.2. The Kier molecular flexibility index (Phi) is 14.4. The molecule has 0 unspecified atom stereocenters.